The van der Waals surface area contributed by atoms with Gasteiger partial charge in [0.2, 0.25) is 5.89 Å². The summed E-state index contributed by atoms with van der Waals surface area (Å²) in [5.74, 6) is 0.846. The molecule has 3 aromatic rings. The first-order valence-corrected chi connectivity index (χ1v) is 9.60. The van der Waals surface area contributed by atoms with Crippen molar-refractivity contribution in [3.63, 3.8) is 0 Å². The first-order chi connectivity index (χ1) is 12.9. The average molecular weight is 382 g/mol. The van der Waals surface area contributed by atoms with Crippen molar-refractivity contribution < 1.29 is 13.9 Å². The molecule has 5 nitrogen and oxygen atoms in total. The summed E-state index contributed by atoms with van der Waals surface area (Å²) < 4.78 is 10.5. The number of carbonyl (C=O) groups is 1. The van der Waals surface area contributed by atoms with Crippen molar-refractivity contribution in [3.8, 4) is 11.5 Å². The molecule has 0 aliphatic heterocycles. The fourth-order valence-electron chi connectivity index (χ4n) is 2.50. The number of thioether (sulfide) groups is 1. The number of hydrogen-bond donors (Lipinski definition) is 0. The van der Waals surface area contributed by atoms with Crippen LogP contribution in [-0.4, -0.2) is 23.3 Å². The highest BCUT2D eigenvalue weighted by Gasteiger charge is 2.15. The van der Waals surface area contributed by atoms with Crippen LogP contribution in [0.3, 0.4) is 0 Å². The zero-order valence-corrected chi connectivity index (χ0v) is 16.7. The first-order valence-electron chi connectivity index (χ1n) is 8.61. The zero-order chi connectivity index (χ0) is 19.4. The lowest BCUT2D eigenvalue weighted by molar-refractivity contribution is 0.0600. The molecule has 0 fully saturated rings. The summed E-state index contributed by atoms with van der Waals surface area (Å²) in [5, 5.41) is 8.77. The van der Waals surface area contributed by atoms with Gasteiger partial charge in [-0.2, -0.15) is 0 Å². The van der Waals surface area contributed by atoms with E-state index in [0.29, 0.717) is 22.4 Å². The van der Waals surface area contributed by atoms with Crippen molar-refractivity contribution >= 4 is 17.7 Å². The fraction of sp³-hybridized carbons (Fsp3) is 0.286. The second-order valence-electron chi connectivity index (χ2n) is 7.18. The van der Waals surface area contributed by atoms with Crippen LogP contribution in [0.25, 0.3) is 11.5 Å². The molecule has 3 rings (SSSR count). The van der Waals surface area contributed by atoms with Crippen LogP contribution in [0.2, 0.25) is 0 Å². The summed E-state index contributed by atoms with van der Waals surface area (Å²) in [4.78, 5) is 11.5. The number of rotatable bonds is 5. The van der Waals surface area contributed by atoms with Gasteiger partial charge in [0, 0.05) is 11.3 Å². The molecular formula is C21H22N2O3S. The van der Waals surface area contributed by atoms with Gasteiger partial charge in [-0.1, -0.05) is 56.8 Å². The minimum absolute atomic E-state index is 0.109. The van der Waals surface area contributed by atoms with Crippen LogP contribution in [-0.2, 0) is 15.9 Å². The van der Waals surface area contributed by atoms with E-state index in [1.165, 1.54) is 24.4 Å². The van der Waals surface area contributed by atoms with Crippen LogP contribution in [0.1, 0.15) is 42.3 Å². The predicted molar refractivity (Wildman–Crippen MR) is 106 cm³/mol. The molecule has 0 unspecified atom stereocenters. The van der Waals surface area contributed by atoms with Gasteiger partial charge in [-0.05, 0) is 40.8 Å². The highest BCUT2D eigenvalue weighted by molar-refractivity contribution is 7.98. The lowest BCUT2D eigenvalue weighted by atomic mass is 9.87. The van der Waals surface area contributed by atoms with E-state index in [-0.39, 0.29) is 11.4 Å². The Labute approximate surface area is 163 Å². The Morgan fingerprint density at radius 1 is 1.04 bits per heavy atom. The Hall–Kier alpha value is -2.60. The van der Waals surface area contributed by atoms with Gasteiger partial charge in [-0.25, -0.2) is 4.79 Å². The van der Waals surface area contributed by atoms with E-state index in [4.69, 9.17) is 9.15 Å². The molecule has 27 heavy (non-hydrogen) atoms. The quantitative estimate of drug-likeness (QED) is 0.451. The van der Waals surface area contributed by atoms with Crippen LogP contribution in [0.5, 0.6) is 0 Å². The highest BCUT2D eigenvalue weighted by Crippen LogP contribution is 2.28. The summed E-state index contributed by atoms with van der Waals surface area (Å²) in [6, 6.07) is 15.5. The molecule has 0 aliphatic carbocycles. The summed E-state index contributed by atoms with van der Waals surface area (Å²) >= 11 is 1.46. The molecule has 0 bridgehead atoms. The van der Waals surface area contributed by atoms with Gasteiger partial charge in [-0.15, -0.1) is 10.2 Å². The van der Waals surface area contributed by atoms with E-state index in [1.54, 1.807) is 12.1 Å². The molecule has 0 radical (unpaired) electrons. The Morgan fingerprint density at radius 2 is 1.70 bits per heavy atom. The molecule has 1 heterocycles. The van der Waals surface area contributed by atoms with E-state index < -0.39 is 0 Å². The number of aromatic nitrogens is 2. The van der Waals surface area contributed by atoms with Gasteiger partial charge < -0.3 is 9.15 Å². The van der Waals surface area contributed by atoms with Crippen molar-refractivity contribution in [1.29, 1.82) is 0 Å². The predicted octanol–water partition coefficient (Wildman–Crippen LogP) is 5.11. The minimum atomic E-state index is -0.340. The van der Waals surface area contributed by atoms with Crippen LogP contribution in [0.4, 0.5) is 0 Å². The number of benzene rings is 2. The van der Waals surface area contributed by atoms with Gasteiger partial charge in [0.15, 0.2) is 0 Å². The molecule has 0 saturated carbocycles. The van der Waals surface area contributed by atoms with Crippen LogP contribution in [0, 0.1) is 0 Å². The molecule has 0 saturated heterocycles. The van der Waals surface area contributed by atoms with Crippen molar-refractivity contribution in [2.45, 2.75) is 37.2 Å². The van der Waals surface area contributed by atoms with Gasteiger partial charge in [0.25, 0.3) is 5.22 Å². The van der Waals surface area contributed by atoms with E-state index in [1.807, 2.05) is 24.3 Å². The molecular weight excluding hydrogens is 360 g/mol. The Balaban J connectivity index is 1.63. The van der Waals surface area contributed by atoms with E-state index in [9.17, 15) is 4.79 Å². The topological polar surface area (TPSA) is 65.2 Å². The highest BCUT2D eigenvalue weighted by atomic mass is 32.2. The maximum Gasteiger partial charge on any atom is 0.337 e. The first kappa shape index (κ1) is 19.2. The summed E-state index contributed by atoms with van der Waals surface area (Å²) in [5.41, 5.74) is 3.87. The SMILES string of the molecule is COC(=O)c1ccc(CSc2nnc(-c3ccc(C(C)(C)C)cc3)o2)cc1. The second kappa shape index (κ2) is 7.96. The Bertz CT molecular complexity index is 910. The number of hydrogen-bond acceptors (Lipinski definition) is 6. The Morgan fingerprint density at radius 3 is 2.30 bits per heavy atom. The standard InChI is InChI=1S/C21H22N2O3S/c1-21(2,3)17-11-9-15(10-12-17)18-22-23-20(26-18)27-13-14-5-7-16(8-6-14)19(24)25-4/h5-12H,13H2,1-4H3. The Kier molecular flexibility index (Phi) is 5.65. The normalized spacial score (nSPS) is 11.4. The smallest absolute Gasteiger partial charge is 0.337 e. The van der Waals surface area contributed by atoms with Crippen molar-refractivity contribution in [1.82, 2.24) is 10.2 Å². The monoisotopic (exact) mass is 382 g/mol. The molecule has 140 valence electrons. The van der Waals surface area contributed by atoms with Gasteiger partial charge in [0.05, 0.1) is 12.7 Å². The maximum atomic E-state index is 11.5. The molecule has 2 aromatic carbocycles. The molecule has 0 amide bonds. The largest absolute Gasteiger partial charge is 0.465 e. The molecule has 0 spiro atoms. The van der Waals surface area contributed by atoms with E-state index in [2.05, 4.69) is 43.1 Å². The fourth-order valence-corrected chi connectivity index (χ4v) is 3.22. The minimum Gasteiger partial charge on any atom is -0.465 e. The molecule has 0 aliphatic rings. The summed E-state index contributed by atoms with van der Waals surface area (Å²) in [7, 11) is 1.37. The van der Waals surface area contributed by atoms with Crippen molar-refractivity contribution in [3.05, 3.63) is 65.2 Å². The lowest BCUT2D eigenvalue weighted by Gasteiger charge is -2.18. The molecule has 0 N–H and O–H groups in total. The van der Waals surface area contributed by atoms with Crippen molar-refractivity contribution in [2.75, 3.05) is 7.11 Å². The van der Waals surface area contributed by atoms with Crippen molar-refractivity contribution in [2.24, 2.45) is 0 Å². The van der Waals surface area contributed by atoms with Gasteiger partial charge in [0.1, 0.15) is 0 Å². The number of carbonyl (C=O) groups excluding carboxylic acids is 1. The van der Waals surface area contributed by atoms with Crippen LogP contribution >= 0.6 is 11.8 Å². The number of esters is 1. The average Bonchev–Trinajstić information content (AvgIpc) is 3.14. The number of nitrogens with zero attached hydrogens (tertiary/aromatic N) is 2. The lowest BCUT2D eigenvalue weighted by Crippen LogP contribution is -2.10. The maximum absolute atomic E-state index is 11.5. The molecule has 6 heteroatoms. The second-order valence-corrected chi connectivity index (χ2v) is 8.10. The summed E-state index contributed by atoms with van der Waals surface area (Å²) in [6.07, 6.45) is 0. The van der Waals surface area contributed by atoms with Gasteiger partial charge in [-0.3, -0.25) is 0 Å². The third-order valence-corrected chi connectivity index (χ3v) is 5.03. The van der Waals surface area contributed by atoms with Crippen LogP contribution < -0.4 is 0 Å². The third kappa shape index (κ3) is 4.77. The zero-order valence-electron chi connectivity index (χ0n) is 15.9. The number of ether oxygens (including phenoxy) is 1. The van der Waals surface area contributed by atoms with Gasteiger partial charge >= 0.3 is 5.97 Å². The van der Waals surface area contributed by atoms with Crippen LogP contribution in [0.15, 0.2) is 58.2 Å². The summed E-state index contributed by atoms with van der Waals surface area (Å²) in [6.45, 7) is 6.55. The third-order valence-electron chi connectivity index (χ3n) is 4.14. The van der Waals surface area contributed by atoms with E-state index >= 15 is 0 Å². The molecule has 1 aromatic heterocycles. The van der Waals surface area contributed by atoms with E-state index in [0.717, 1.165) is 11.1 Å². The number of methoxy groups -OCH3 is 1. The molecule has 0 atom stereocenters.